The third kappa shape index (κ3) is 1.63. The second-order valence-electron chi connectivity index (χ2n) is 5.53. The average molecular weight is 227 g/mol. The van der Waals surface area contributed by atoms with Crippen LogP contribution in [0.25, 0.3) is 16.1 Å². The van der Waals surface area contributed by atoms with Crippen molar-refractivity contribution in [3.63, 3.8) is 0 Å². The zero-order valence-electron chi connectivity index (χ0n) is 10.7. The Labute approximate surface area is 102 Å². The van der Waals surface area contributed by atoms with Gasteiger partial charge in [-0.15, -0.1) is 0 Å². The van der Waals surface area contributed by atoms with E-state index in [4.69, 9.17) is 5.53 Å². The first-order valence-corrected chi connectivity index (χ1v) is 5.78. The van der Waals surface area contributed by atoms with Gasteiger partial charge in [0.2, 0.25) is 0 Å². The van der Waals surface area contributed by atoms with E-state index >= 15 is 0 Å². The molecule has 88 valence electrons. The summed E-state index contributed by atoms with van der Waals surface area (Å²) < 4.78 is 0. The van der Waals surface area contributed by atoms with E-state index in [1.165, 1.54) is 5.57 Å². The Kier molecular flexibility index (Phi) is 2.52. The molecule has 17 heavy (non-hydrogen) atoms. The van der Waals surface area contributed by atoms with Crippen LogP contribution in [0.3, 0.4) is 0 Å². The molecule has 0 radical (unpaired) electrons. The number of hydrogen-bond donors (Lipinski definition) is 0. The van der Waals surface area contributed by atoms with E-state index in [-0.39, 0.29) is 10.8 Å². The Bertz CT molecular complexity index is 502. The fourth-order valence-corrected chi connectivity index (χ4v) is 2.52. The van der Waals surface area contributed by atoms with Crippen molar-refractivity contribution in [2.45, 2.75) is 27.7 Å². The molecule has 1 aliphatic rings. The van der Waals surface area contributed by atoms with Gasteiger partial charge in [-0.05, 0) is 27.5 Å². The van der Waals surface area contributed by atoms with Crippen LogP contribution in [0.15, 0.2) is 41.0 Å². The van der Waals surface area contributed by atoms with Gasteiger partial charge in [-0.25, -0.2) is 0 Å². The SMILES string of the molecule is CC1(C)C(=C(N=[N+]=[N-])c2ccccc2)C1(C)C. The van der Waals surface area contributed by atoms with E-state index in [9.17, 15) is 0 Å². The monoisotopic (exact) mass is 227 g/mol. The lowest BCUT2D eigenvalue weighted by molar-refractivity contribution is 0.457. The molecule has 2 rings (SSSR count). The lowest BCUT2D eigenvalue weighted by Crippen LogP contribution is -1.95. The van der Waals surface area contributed by atoms with Crippen LogP contribution < -0.4 is 0 Å². The Hall–Kier alpha value is -1.73. The number of allylic oxidation sites excluding steroid dienone is 1. The van der Waals surface area contributed by atoms with Crippen LogP contribution in [0, 0.1) is 10.8 Å². The molecule has 1 aromatic rings. The number of azide groups is 1. The quantitative estimate of drug-likeness (QED) is 0.397. The van der Waals surface area contributed by atoms with Gasteiger partial charge in [0.25, 0.3) is 0 Å². The molecule has 0 atom stereocenters. The van der Waals surface area contributed by atoms with Gasteiger partial charge in [-0.3, -0.25) is 0 Å². The summed E-state index contributed by atoms with van der Waals surface area (Å²) in [6.45, 7) is 8.77. The highest BCUT2D eigenvalue weighted by atomic mass is 15.1. The first-order chi connectivity index (χ1) is 7.93. The first kappa shape index (κ1) is 11.7. The van der Waals surface area contributed by atoms with Gasteiger partial charge in [0.15, 0.2) is 0 Å². The van der Waals surface area contributed by atoms with Crippen LogP contribution in [0.1, 0.15) is 33.3 Å². The van der Waals surface area contributed by atoms with Crippen LogP contribution in [-0.2, 0) is 0 Å². The fraction of sp³-hybridized carbons (Fsp3) is 0.429. The molecule has 0 saturated heterocycles. The fourth-order valence-electron chi connectivity index (χ4n) is 2.52. The molecule has 0 unspecified atom stereocenters. The second kappa shape index (κ2) is 3.64. The second-order valence-corrected chi connectivity index (χ2v) is 5.53. The van der Waals surface area contributed by atoms with Gasteiger partial charge in [0.1, 0.15) is 0 Å². The Morgan fingerprint density at radius 2 is 1.59 bits per heavy atom. The molecule has 1 fully saturated rings. The van der Waals surface area contributed by atoms with Crippen LogP contribution in [-0.4, -0.2) is 0 Å². The topological polar surface area (TPSA) is 48.8 Å². The van der Waals surface area contributed by atoms with Gasteiger partial charge in [-0.2, -0.15) is 0 Å². The van der Waals surface area contributed by atoms with E-state index in [1.54, 1.807) is 0 Å². The highest BCUT2D eigenvalue weighted by Crippen LogP contribution is 2.70. The van der Waals surface area contributed by atoms with Gasteiger partial charge in [-0.1, -0.05) is 63.1 Å². The molecule has 0 spiro atoms. The maximum Gasteiger partial charge on any atom is 0.0451 e. The van der Waals surface area contributed by atoms with E-state index in [0.29, 0.717) is 0 Å². The van der Waals surface area contributed by atoms with E-state index < -0.39 is 0 Å². The first-order valence-electron chi connectivity index (χ1n) is 5.78. The molecule has 0 amide bonds. The lowest BCUT2D eigenvalue weighted by Gasteiger charge is -2.02. The molecular weight excluding hydrogens is 210 g/mol. The molecule has 0 N–H and O–H groups in total. The Morgan fingerprint density at radius 1 is 1.06 bits per heavy atom. The molecule has 1 aliphatic carbocycles. The summed E-state index contributed by atoms with van der Waals surface area (Å²) in [5.41, 5.74) is 12.0. The van der Waals surface area contributed by atoms with Crippen molar-refractivity contribution in [2.75, 3.05) is 0 Å². The van der Waals surface area contributed by atoms with Crippen LogP contribution in [0.2, 0.25) is 0 Å². The van der Waals surface area contributed by atoms with Crippen molar-refractivity contribution in [3.05, 3.63) is 51.9 Å². The summed E-state index contributed by atoms with van der Waals surface area (Å²) in [5, 5.41) is 3.91. The van der Waals surface area contributed by atoms with Gasteiger partial charge in [0.05, 0.1) is 0 Å². The van der Waals surface area contributed by atoms with Crippen molar-refractivity contribution >= 4 is 5.70 Å². The average Bonchev–Trinajstić information content (AvgIpc) is 2.68. The molecule has 1 aromatic carbocycles. The maximum absolute atomic E-state index is 8.74. The Morgan fingerprint density at radius 3 is 2.00 bits per heavy atom. The largest absolute Gasteiger partial charge is 0.0622 e. The smallest absolute Gasteiger partial charge is 0.0451 e. The van der Waals surface area contributed by atoms with Crippen molar-refractivity contribution in [3.8, 4) is 0 Å². The molecule has 3 heteroatoms. The van der Waals surface area contributed by atoms with E-state index in [1.807, 2.05) is 30.3 Å². The van der Waals surface area contributed by atoms with Crippen molar-refractivity contribution in [1.29, 1.82) is 0 Å². The molecule has 1 saturated carbocycles. The standard InChI is InChI=1S/C14H17N3/c1-13(2)12(14(13,3)4)11(16-17-15)10-8-6-5-7-9-10/h5-9H,1-4H3. The minimum atomic E-state index is 0.104. The lowest BCUT2D eigenvalue weighted by atomic mass is 10.0. The zero-order chi connectivity index (χ0) is 12.7. The van der Waals surface area contributed by atoms with E-state index in [0.717, 1.165) is 11.3 Å². The van der Waals surface area contributed by atoms with Gasteiger partial charge >= 0.3 is 0 Å². The number of benzene rings is 1. The summed E-state index contributed by atoms with van der Waals surface area (Å²) in [6.07, 6.45) is 0. The minimum absolute atomic E-state index is 0.104. The molecule has 0 heterocycles. The van der Waals surface area contributed by atoms with Crippen LogP contribution in [0.4, 0.5) is 0 Å². The summed E-state index contributed by atoms with van der Waals surface area (Å²) in [4.78, 5) is 2.97. The Balaban J connectivity index is 2.61. The third-order valence-corrected chi connectivity index (χ3v) is 4.18. The van der Waals surface area contributed by atoms with Gasteiger partial charge < -0.3 is 0 Å². The van der Waals surface area contributed by atoms with Crippen molar-refractivity contribution < 1.29 is 0 Å². The third-order valence-electron chi connectivity index (χ3n) is 4.18. The predicted octanol–water partition coefficient (Wildman–Crippen LogP) is 4.77. The summed E-state index contributed by atoms with van der Waals surface area (Å²) in [6, 6.07) is 9.87. The van der Waals surface area contributed by atoms with E-state index in [2.05, 4.69) is 37.7 Å². The van der Waals surface area contributed by atoms with Gasteiger partial charge in [0, 0.05) is 10.6 Å². The van der Waals surface area contributed by atoms with Crippen LogP contribution in [0.5, 0.6) is 0 Å². The summed E-state index contributed by atoms with van der Waals surface area (Å²) in [7, 11) is 0. The zero-order valence-corrected chi connectivity index (χ0v) is 10.7. The molecule has 0 aliphatic heterocycles. The highest BCUT2D eigenvalue weighted by Gasteiger charge is 2.61. The molecular formula is C14H17N3. The highest BCUT2D eigenvalue weighted by molar-refractivity contribution is 5.75. The molecule has 3 nitrogen and oxygen atoms in total. The van der Waals surface area contributed by atoms with Crippen molar-refractivity contribution in [1.82, 2.24) is 0 Å². The number of hydrogen-bond acceptors (Lipinski definition) is 1. The normalized spacial score (nSPS) is 19.4. The summed E-state index contributed by atoms with van der Waals surface area (Å²) >= 11 is 0. The number of nitrogens with zero attached hydrogens (tertiary/aromatic N) is 3. The molecule has 0 bridgehead atoms. The number of rotatable bonds is 2. The van der Waals surface area contributed by atoms with Crippen molar-refractivity contribution in [2.24, 2.45) is 15.9 Å². The minimum Gasteiger partial charge on any atom is -0.0622 e. The van der Waals surface area contributed by atoms with Crippen LogP contribution >= 0.6 is 0 Å². The maximum atomic E-state index is 8.74. The predicted molar refractivity (Wildman–Crippen MR) is 70.1 cm³/mol. The molecule has 0 aromatic heterocycles. The summed E-state index contributed by atoms with van der Waals surface area (Å²) in [5.74, 6) is 0.